The number of primary amides is 1. The molecule has 0 saturated heterocycles. The lowest BCUT2D eigenvalue weighted by Gasteiger charge is -2.07. The van der Waals surface area contributed by atoms with E-state index in [4.69, 9.17) is 5.73 Å². The zero-order valence-electron chi connectivity index (χ0n) is 14.0. The molecular weight excluding hydrogens is 310 g/mol. The lowest BCUT2D eigenvalue weighted by atomic mass is 9.98. The third-order valence-corrected chi connectivity index (χ3v) is 5.34. The molecular formula is C21H19N3O. The fraction of sp³-hybridized carbons (Fsp3) is 0.190. The molecule has 0 spiro atoms. The monoisotopic (exact) mass is 329 g/mol. The van der Waals surface area contributed by atoms with E-state index in [1.54, 1.807) is 6.20 Å². The number of aromatic nitrogens is 2. The fourth-order valence-electron chi connectivity index (χ4n) is 3.87. The van der Waals surface area contributed by atoms with Gasteiger partial charge in [0.25, 0.3) is 0 Å². The van der Waals surface area contributed by atoms with Crippen LogP contribution in [0, 0.1) is 5.41 Å². The second-order valence-corrected chi connectivity index (χ2v) is 6.74. The summed E-state index contributed by atoms with van der Waals surface area (Å²) in [6, 6.07) is 22.1. The number of benzene rings is 2. The van der Waals surface area contributed by atoms with E-state index in [9.17, 15) is 4.79 Å². The van der Waals surface area contributed by atoms with Crippen molar-refractivity contribution in [1.29, 1.82) is 0 Å². The van der Waals surface area contributed by atoms with Gasteiger partial charge in [0.15, 0.2) is 0 Å². The summed E-state index contributed by atoms with van der Waals surface area (Å²) >= 11 is 0. The summed E-state index contributed by atoms with van der Waals surface area (Å²) in [5.74, 6) is -0.0266. The maximum Gasteiger partial charge on any atom is 0.224 e. The van der Waals surface area contributed by atoms with E-state index in [1.165, 1.54) is 0 Å². The maximum atomic E-state index is 12.1. The van der Waals surface area contributed by atoms with Crippen LogP contribution in [0.2, 0.25) is 0 Å². The normalized spacial score (nSPS) is 24.7. The van der Waals surface area contributed by atoms with E-state index in [-0.39, 0.29) is 17.7 Å². The number of nitrogens with zero attached hydrogens (tertiary/aromatic N) is 2. The lowest BCUT2D eigenvalue weighted by molar-refractivity contribution is -0.122. The highest BCUT2D eigenvalue weighted by atomic mass is 16.1. The Bertz CT molecular complexity index is 893. The van der Waals surface area contributed by atoms with E-state index in [0.29, 0.717) is 0 Å². The van der Waals surface area contributed by atoms with Crippen LogP contribution in [-0.4, -0.2) is 16.1 Å². The first-order valence-electron chi connectivity index (χ1n) is 8.35. The van der Waals surface area contributed by atoms with Crippen LogP contribution in [0.3, 0.4) is 0 Å². The average Bonchev–Trinajstić information content (AvgIpc) is 3.31. The summed E-state index contributed by atoms with van der Waals surface area (Å²) in [6.07, 6.45) is 1.66. The third-order valence-electron chi connectivity index (χ3n) is 5.34. The molecule has 0 unspecified atom stereocenters. The van der Waals surface area contributed by atoms with Gasteiger partial charge in [0.2, 0.25) is 5.91 Å². The molecule has 4 rings (SSSR count). The van der Waals surface area contributed by atoms with Gasteiger partial charge >= 0.3 is 0 Å². The van der Waals surface area contributed by atoms with E-state index in [1.807, 2.05) is 49.4 Å². The highest BCUT2D eigenvalue weighted by Crippen LogP contribution is 2.69. The van der Waals surface area contributed by atoms with E-state index < -0.39 is 5.41 Å². The second kappa shape index (κ2) is 5.81. The Morgan fingerprint density at radius 1 is 0.920 bits per heavy atom. The Morgan fingerprint density at radius 2 is 1.56 bits per heavy atom. The van der Waals surface area contributed by atoms with Crippen LogP contribution in [0.1, 0.15) is 29.9 Å². The number of hydrogen-bond acceptors (Lipinski definition) is 3. The molecule has 1 aliphatic rings. The zero-order chi connectivity index (χ0) is 17.4. The molecule has 4 nitrogen and oxygen atoms in total. The van der Waals surface area contributed by atoms with Gasteiger partial charge in [-0.05, 0) is 30.2 Å². The van der Waals surface area contributed by atoms with Crippen LogP contribution >= 0.6 is 0 Å². The summed E-state index contributed by atoms with van der Waals surface area (Å²) in [4.78, 5) is 12.1. The van der Waals surface area contributed by atoms with Crippen molar-refractivity contribution < 1.29 is 4.79 Å². The van der Waals surface area contributed by atoms with Crippen molar-refractivity contribution in [2.45, 2.75) is 18.8 Å². The molecule has 1 amide bonds. The number of carbonyl (C=O) groups excluding carboxylic acids is 1. The molecule has 2 aromatic carbocycles. The predicted octanol–water partition coefficient (Wildman–Crippen LogP) is 3.52. The first kappa shape index (κ1) is 15.5. The summed E-state index contributed by atoms with van der Waals surface area (Å²) in [5.41, 5.74) is 9.34. The van der Waals surface area contributed by atoms with Gasteiger partial charge in [-0.1, -0.05) is 54.6 Å². The topological polar surface area (TPSA) is 68.9 Å². The Balaban J connectivity index is 1.68. The second-order valence-electron chi connectivity index (χ2n) is 6.74. The molecule has 1 aliphatic carbocycles. The fourth-order valence-corrected chi connectivity index (χ4v) is 3.87. The molecule has 1 fully saturated rings. The Morgan fingerprint density at radius 3 is 2.12 bits per heavy atom. The number of hydrogen-bond donors (Lipinski definition) is 1. The standard InChI is InChI=1S/C21H19N3O/c1-21(20(22)25)18(15-6-3-2-4-7-15)19(21)16-11-9-14(10-12-16)17-8-5-13-23-24-17/h2-13,18-19H,1H3,(H2,22,25)/t18-,19-,21+/m0/s1. The molecule has 1 saturated carbocycles. The lowest BCUT2D eigenvalue weighted by Crippen LogP contribution is -2.24. The van der Waals surface area contributed by atoms with Crippen molar-refractivity contribution in [2.75, 3.05) is 0 Å². The van der Waals surface area contributed by atoms with Gasteiger partial charge < -0.3 is 5.73 Å². The van der Waals surface area contributed by atoms with Crippen molar-refractivity contribution in [3.05, 3.63) is 84.1 Å². The molecule has 124 valence electrons. The average molecular weight is 329 g/mol. The molecule has 0 radical (unpaired) electrons. The van der Waals surface area contributed by atoms with Crippen molar-refractivity contribution >= 4 is 5.91 Å². The molecule has 25 heavy (non-hydrogen) atoms. The van der Waals surface area contributed by atoms with Crippen molar-refractivity contribution in [3.8, 4) is 11.3 Å². The van der Waals surface area contributed by atoms with Gasteiger partial charge in [0.05, 0.1) is 11.1 Å². The molecule has 1 aromatic heterocycles. The summed E-state index contributed by atoms with van der Waals surface area (Å²) in [5, 5.41) is 8.05. The summed E-state index contributed by atoms with van der Waals surface area (Å²) in [7, 11) is 0. The Hall–Kier alpha value is -3.01. The van der Waals surface area contributed by atoms with Gasteiger partial charge in [-0.3, -0.25) is 4.79 Å². The Kier molecular flexibility index (Phi) is 3.61. The van der Waals surface area contributed by atoms with Crippen molar-refractivity contribution in [3.63, 3.8) is 0 Å². The smallest absolute Gasteiger partial charge is 0.224 e. The third kappa shape index (κ3) is 2.50. The minimum absolute atomic E-state index is 0.100. The van der Waals surface area contributed by atoms with Gasteiger partial charge in [-0.25, -0.2) is 0 Å². The first-order valence-corrected chi connectivity index (χ1v) is 8.35. The van der Waals surface area contributed by atoms with Crippen LogP contribution < -0.4 is 5.73 Å². The highest BCUT2D eigenvalue weighted by Gasteiger charge is 2.66. The number of rotatable bonds is 4. The number of amides is 1. The minimum Gasteiger partial charge on any atom is -0.369 e. The molecule has 0 bridgehead atoms. The molecule has 1 heterocycles. The summed E-state index contributed by atoms with van der Waals surface area (Å²) in [6.45, 7) is 1.97. The maximum absolute atomic E-state index is 12.1. The highest BCUT2D eigenvalue weighted by molar-refractivity contribution is 5.88. The SMILES string of the molecule is C[C@@]1(C(N)=O)[C@@H](c2ccccc2)[C@@H]1c1ccc(-c2cccnn2)cc1. The molecule has 0 aliphatic heterocycles. The number of carbonyl (C=O) groups is 1. The molecule has 2 N–H and O–H groups in total. The van der Waals surface area contributed by atoms with Crippen LogP contribution in [0.5, 0.6) is 0 Å². The predicted molar refractivity (Wildman–Crippen MR) is 96.7 cm³/mol. The van der Waals surface area contributed by atoms with E-state index in [0.717, 1.165) is 22.4 Å². The molecule has 4 heteroatoms. The van der Waals surface area contributed by atoms with Gasteiger partial charge in [-0.2, -0.15) is 10.2 Å². The molecule has 3 atom stereocenters. The quantitative estimate of drug-likeness (QED) is 0.796. The van der Waals surface area contributed by atoms with Gasteiger partial charge in [-0.15, -0.1) is 0 Å². The van der Waals surface area contributed by atoms with Gasteiger partial charge in [0.1, 0.15) is 0 Å². The first-order chi connectivity index (χ1) is 12.1. The van der Waals surface area contributed by atoms with Crippen LogP contribution in [-0.2, 0) is 4.79 Å². The van der Waals surface area contributed by atoms with Gasteiger partial charge in [0, 0.05) is 23.6 Å². The van der Waals surface area contributed by atoms with E-state index >= 15 is 0 Å². The largest absolute Gasteiger partial charge is 0.369 e. The van der Waals surface area contributed by atoms with E-state index in [2.05, 4.69) is 34.5 Å². The van der Waals surface area contributed by atoms with Crippen LogP contribution in [0.25, 0.3) is 11.3 Å². The Labute approximate surface area is 146 Å². The minimum atomic E-state index is -0.546. The zero-order valence-corrected chi connectivity index (χ0v) is 14.0. The van der Waals surface area contributed by atoms with Crippen LogP contribution in [0.4, 0.5) is 0 Å². The molecule has 3 aromatic rings. The van der Waals surface area contributed by atoms with Crippen molar-refractivity contribution in [1.82, 2.24) is 10.2 Å². The summed E-state index contributed by atoms with van der Waals surface area (Å²) < 4.78 is 0. The number of nitrogens with two attached hydrogens (primary N) is 1. The van der Waals surface area contributed by atoms with Crippen molar-refractivity contribution in [2.24, 2.45) is 11.1 Å². The van der Waals surface area contributed by atoms with Crippen LogP contribution in [0.15, 0.2) is 72.9 Å².